The van der Waals surface area contributed by atoms with Crippen molar-refractivity contribution in [2.24, 2.45) is 5.41 Å². The van der Waals surface area contributed by atoms with Crippen LogP contribution >= 0.6 is 11.6 Å². The number of halogens is 1. The van der Waals surface area contributed by atoms with Gasteiger partial charge in [-0.15, -0.1) is 11.6 Å². The van der Waals surface area contributed by atoms with Gasteiger partial charge in [-0.1, -0.05) is 19.9 Å². The lowest BCUT2D eigenvalue weighted by Crippen LogP contribution is -2.34. The normalized spacial score (nSPS) is 11.0. The molecule has 1 aromatic rings. The van der Waals surface area contributed by atoms with Crippen LogP contribution in [-0.4, -0.2) is 30.4 Å². The van der Waals surface area contributed by atoms with Crippen molar-refractivity contribution in [2.45, 2.75) is 20.3 Å². The maximum atomic E-state index is 12.2. The number of methoxy groups -OCH3 is 1. The Hall–Kier alpha value is -1.82. The molecule has 6 nitrogen and oxygen atoms in total. The Morgan fingerprint density at radius 1 is 1.48 bits per heavy atom. The molecule has 1 aromatic carbocycles. The summed E-state index contributed by atoms with van der Waals surface area (Å²) in [5, 5.41) is 13.7. The van der Waals surface area contributed by atoms with Crippen LogP contribution in [-0.2, 0) is 0 Å². The monoisotopic (exact) mass is 314 g/mol. The van der Waals surface area contributed by atoms with Crippen molar-refractivity contribution >= 4 is 23.2 Å². The third kappa shape index (κ3) is 4.60. The fourth-order valence-electron chi connectivity index (χ4n) is 1.82. The first-order chi connectivity index (χ1) is 9.82. The highest BCUT2D eigenvalue weighted by molar-refractivity contribution is 6.17. The molecule has 116 valence electrons. The molecule has 0 radical (unpaired) electrons. The number of nitro benzene ring substituents is 1. The molecule has 1 N–H and O–H groups in total. The van der Waals surface area contributed by atoms with Gasteiger partial charge in [0, 0.05) is 18.5 Å². The van der Waals surface area contributed by atoms with Gasteiger partial charge in [0.05, 0.1) is 17.6 Å². The molecular formula is C14H19ClN2O4. The number of benzene rings is 1. The van der Waals surface area contributed by atoms with Gasteiger partial charge in [0.1, 0.15) is 0 Å². The summed E-state index contributed by atoms with van der Waals surface area (Å²) in [4.78, 5) is 22.6. The molecule has 0 saturated heterocycles. The predicted molar refractivity (Wildman–Crippen MR) is 81.1 cm³/mol. The van der Waals surface area contributed by atoms with Gasteiger partial charge < -0.3 is 10.1 Å². The minimum absolute atomic E-state index is 0.0323. The van der Waals surface area contributed by atoms with Gasteiger partial charge in [-0.3, -0.25) is 14.9 Å². The lowest BCUT2D eigenvalue weighted by molar-refractivity contribution is -0.385. The second-order valence-electron chi connectivity index (χ2n) is 5.40. The second kappa shape index (κ2) is 7.26. The summed E-state index contributed by atoms with van der Waals surface area (Å²) >= 11 is 5.71. The van der Waals surface area contributed by atoms with E-state index >= 15 is 0 Å². The van der Waals surface area contributed by atoms with E-state index in [1.54, 1.807) is 0 Å². The molecule has 0 heterocycles. The number of para-hydroxylation sites is 1. The second-order valence-corrected chi connectivity index (χ2v) is 5.78. The summed E-state index contributed by atoms with van der Waals surface area (Å²) in [7, 11) is 1.30. The van der Waals surface area contributed by atoms with Crippen molar-refractivity contribution in [2.75, 3.05) is 19.5 Å². The van der Waals surface area contributed by atoms with Crippen molar-refractivity contribution in [3.63, 3.8) is 0 Å². The number of carbonyl (C=O) groups excluding carboxylic acids is 1. The maximum absolute atomic E-state index is 12.2. The average Bonchev–Trinajstić information content (AvgIpc) is 2.43. The van der Waals surface area contributed by atoms with Crippen molar-refractivity contribution in [3.05, 3.63) is 33.9 Å². The van der Waals surface area contributed by atoms with Gasteiger partial charge in [0.2, 0.25) is 5.75 Å². The van der Waals surface area contributed by atoms with E-state index in [4.69, 9.17) is 16.3 Å². The lowest BCUT2D eigenvalue weighted by atomic mass is 9.90. The van der Waals surface area contributed by atoms with Crippen LogP contribution in [0.25, 0.3) is 0 Å². The first-order valence-corrected chi connectivity index (χ1v) is 7.01. The van der Waals surface area contributed by atoms with Gasteiger partial charge >= 0.3 is 5.69 Å². The highest BCUT2D eigenvalue weighted by Gasteiger charge is 2.24. The molecule has 21 heavy (non-hydrogen) atoms. The summed E-state index contributed by atoms with van der Waals surface area (Å²) in [6.07, 6.45) is 0.751. The summed E-state index contributed by atoms with van der Waals surface area (Å²) in [5.41, 5.74) is -0.232. The smallest absolute Gasteiger partial charge is 0.311 e. The topological polar surface area (TPSA) is 81.5 Å². The fraction of sp³-hybridized carbons (Fsp3) is 0.500. The Labute approximate surface area is 128 Å². The van der Waals surface area contributed by atoms with E-state index in [-0.39, 0.29) is 22.4 Å². The number of alkyl halides is 1. The van der Waals surface area contributed by atoms with Gasteiger partial charge in [-0.25, -0.2) is 0 Å². The Bertz CT molecular complexity index is 532. The van der Waals surface area contributed by atoms with Crippen LogP contribution in [0.2, 0.25) is 0 Å². The summed E-state index contributed by atoms with van der Waals surface area (Å²) in [6, 6.07) is 4.25. The first-order valence-electron chi connectivity index (χ1n) is 6.48. The van der Waals surface area contributed by atoms with Crippen LogP contribution in [0.4, 0.5) is 5.69 Å². The Morgan fingerprint density at radius 2 is 2.14 bits per heavy atom. The molecule has 0 fully saturated rings. The van der Waals surface area contributed by atoms with Crippen LogP contribution in [0.5, 0.6) is 5.75 Å². The molecule has 7 heteroatoms. The largest absolute Gasteiger partial charge is 0.490 e. The Balaban J connectivity index is 2.93. The highest BCUT2D eigenvalue weighted by atomic mass is 35.5. The van der Waals surface area contributed by atoms with Gasteiger partial charge in [0.15, 0.2) is 0 Å². The van der Waals surface area contributed by atoms with Crippen LogP contribution in [0.1, 0.15) is 30.6 Å². The Morgan fingerprint density at radius 3 is 2.67 bits per heavy atom. The predicted octanol–water partition coefficient (Wildman–Crippen LogP) is 2.99. The van der Waals surface area contributed by atoms with E-state index in [1.807, 2.05) is 13.8 Å². The van der Waals surface area contributed by atoms with Crippen molar-refractivity contribution in [3.8, 4) is 5.75 Å². The van der Waals surface area contributed by atoms with Crippen molar-refractivity contribution in [1.29, 1.82) is 0 Å². The SMILES string of the molecule is COc1c(C(=O)NCC(C)(C)CCCl)cccc1[N+](=O)[O-]. The summed E-state index contributed by atoms with van der Waals surface area (Å²) in [6.45, 7) is 4.39. The number of amides is 1. The zero-order chi connectivity index (χ0) is 16.0. The zero-order valence-corrected chi connectivity index (χ0v) is 13.1. The van der Waals surface area contributed by atoms with Crippen molar-refractivity contribution < 1.29 is 14.5 Å². The number of carbonyl (C=O) groups is 1. The van der Waals surface area contributed by atoms with E-state index in [0.717, 1.165) is 6.42 Å². The molecule has 0 saturated carbocycles. The highest BCUT2D eigenvalue weighted by Crippen LogP contribution is 2.30. The first kappa shape index (κ1) is 17.2. The van der Waals surface area contributed by atoms with E-state index in [9.17, 15) is 14.9 Å². The van der Waals surface area contributed by atoms with E-state index < -0.39 is 10.8 Å². The van der Waals surface area contributed by atoms with Crippen molar-refractivity contribution in [1.82, 2.24) is 5.32 Å². The number of nitrogens with one attached hydrogen (secondary N) is 1. The maximum Gasteiger partial charge on any atom is 0.311 e. The van der Waals surface area contributed by atoms with Gasteiger partial charge in [-0.2, -0.15) is 0 Å². The quantitative estimate of drug-likeness (QED) is 0.476. The van der Waals surface area contributed by atoms with Crippen LogP contribution < -0.4 is 10.1 Å². The molecule has 0 aliphatic heterocycles. The van der Waals surface area contributed by atoms with Gasteiger partial charge in [-0.05, 0) is 17.9 Å². The molecule has 1 rings (SSSR count). The summed E-state index contributed by atoms with van der Waals surface area (Å²) in [5.74, 6) is 0.0663. The molecule has 0 aliphatic rings. The third-order valence-corrected chi connectivity index (χ3v) is 3.33. The summed E-state index contributed by atoms with van der Waals surface area (Å²) < 4.78 is 5.01. The average molecular weight is 315 g/mol. The third-order valence-electron chi connectivity index (χ3n) is 3.14. The lowest BCUT2D eigenvalue weighted by Gasteiger charge is -2.24. The van der Waals surface area contributed by atoms with Gasteiger partial charge in [0.25, 0.3) is 5.91 Å². The number of hydrogen-bond donors (Lipinski definition) is 1. The molecule has 0 aliphatic carbocycles. The van der Waals surface area contributed by atoms with Crippen LogP contribution in [0.3, 0.4) is 0 Å². The molecule has 0 spiro atoms. The van der Waals surface area contributed by atoms with E-state index in [0.29, 0.717) is 12.4 Å². The van der Waals surface area contributed by atoms with E-state index in [1.165, 1.54) is 25.3 Å². The molecule has 0 bridgehead atoms. The molecule has 0 aromatic heterocycles. The molecule has 0 atom stereocenters. The molecule has 1 amide bonds. The Kier molecular flexibility index (Phi) is 5.96. The standard InChI is InChI=1S/C14H19ClN2O4/c1-14(2,7-8-15)9-16-13(18)10-5-4-6-11(17(19)20)12(10)21-3/h4-6H,7-9H2,1-3H3,(H,16,18). The van der Waals surface area contributed by atoms with Crippen LogP contribution in [0.15, 0.2) is 18.2 Å². The molecule has 0 unspecified atom stereocenters. The minimum atomic E-state index is -0.576. The number of rotatable bonds is 7. The number of nitro groups is 1. The van der Waals surface area contributed by atoms with E-state index in [2.05, 4.69) is 5.32 Å². The number of nitrogens with zero attached hydrogens (tertiary/aromatic N) is 1. The fourth-order valence-corrected chi connectivity index (χ4v) is 2.33. The minimum Gasteiger partial charge on any atom is -0.490 e. The van der Waals surface area contributed by atoms with Crippen LogP contribution in [0, 0.1) is 15.5 Å². The number of hydrogen-bond acceptors (Lipinski definition) is 4. The zero-order valence-electron chi connectivity index (χ0n) is 12.3. The molecular weight excluding hydrogens is 296 g/mol. The number of ether oxygens (including phenoxy) is 1.